The smallest absolute Gasteiger partial charge is 0.276 e. The molecule has 0 aliphatic heterocycles. The van der Waals surface area contributed by atoms with Crippen LogP contribution in [0, 0.1) is 5.92 Å². The second kappa shape index (κ2) is 8.99. The largest absolute Gasteiger partial charge is 0.414 e. The second-order valence-corrected chi connectivity index (χ2v) is 6.94. The molecule has 1 atom stereocenters. The predicted molar refractivity (Wildman–Crippen MR) is 94.0 cm³/mol. The third kappa shape index (κ3) is 5.63. The molecule has 0 bridgehead atoms. The quantitative estimate of drug-likeness (QED) is 0.701. The predicted octanol–water partition coefficient (Wildman–Crippen LogP) is 5.14. The van der Waals surface area contributed by atoms with E-state index in [2.05, 4.69) is 24.0 Å². The molecule has 0 saturated heterocycles. The Hall–Kier alpha value is -0.460. The minimum atomic E-state index is -0.217. The lowest BCUT2D eigenvalue weighted by molar-refractivity contribution is 0.361. The molecular weight excluding hydrogens is 365 g/mol. The van der Waals surface area contributed by atoms with Crippen LogP contribution in [-0.2, 0) is 5.75 Å². The first-order valence-electron chi connectivity index (χ1n) is 6.61. The molecule has 0 fully saturated rings. The van der Waals surface area contributed by atoms with Gasteiger partial charge in [-0.2, -0.15) is 0 Å². The van der Waals surface area contributed by atoms with Gasteiger partial charge in [-0.3, -0.25) is 0 Å². The molecule has 1 aromatic carbocycles. The molecular formula is C14H18Cl3N3OS. The van der Waals surface area contributed by atoms with Crippen LogP contribution in [0.25, 0.3) is 0 Å². The highest BCUT2D eigenvalue weighted by atomic mass is 35.5. The van der Waals surface area contributed by atoms with Crippen molar-refractivity contribution >= 4 is 47.4 Å². The fraction of sp³-hybridized carbons (Fsp3) is 0.429. The fourth-order valence-corrected chi connectivity index (χ4v) is 3.14. The molecule has 8 heteroatoms. The summed E-state index contributed by atoms with van der Waals surface area (Å²) in [6.45, 7) is 4.21. The summed E-state index contributed by atoms with van der Waals surface area (Å²) in [5.74, 6) is 1.60. The van der Waals surface area contributed by atoms with Gasteiger partial charge in [-0.25, -0.2) is 0 Å². The first-order chi connectivity index (χ1) is 9.95. The van der Waals surface area contributed by atoms with Crippen LogP contribution < -0.4 is 5.73 Å². The van der Waals surface area contributed by atoms with Crippen LogP contribution in [0.1, 0.15) is 37.8 Å². The average Bonchev–Trinajstić information content (AvgIpc) is 2.86. The molecule has 22 heavy (non-hydrogen) atoms. The molecule has 4 nitrogen and oxygen atoms in total. The molecule has 2 N–H and O–H groups in total. The second-order valence-electron chi connectivity index (χ2n) is 5.17. The standard InChI is InChI=1S/C14H17Cl2N3OS.ClH/c1-8(2)5-12(17)13-18-19-14(20-13)21-7-9-3-4-10(15)6-11(9)16;/h3-4,6,8,12H,5,7,17H2,1-2H3;1H/t12-;/m1./s1. The van der Waals surface area contributed by atoms with E-state index in [1.807, 2.05) is 6.07 Å². The number of aromatic nitrogens is 2. The van der Waals surface area contributed by atoms with Gasteiger partial charge in [-0.1, -0.05) is 54.9 Å². The molecule has 0 aliphatic carbocycles. The van der Waals surface area contributed by atoms with Crippen LogP contribution in [0.15, 0.2) is 27.8 Å². The zero-order chi connectivity index (χ0) is 15.4. The van der Waals surface area contributed by atoms with Gasteiger partial charge in [0.05, 0.1) is 6.04 Å². The van der Waals surface area contributed by atoms with Crippen LogP contribution in [0.3, 0.4) is 0 Å². The summed E-state index contributed by atoms with van der Waals surface area (Å²) in [6, 6.07) is 5.20. The average molecular weight is 383 g/mol. The van der Waals surface area contributed by atoms with E-state index in [0.717, 1.165) is 12.0 Å². The van der Waals surface area contributed by atoms with Crippen molar-refractivity contribution in [3.63, 3.8) is 0 Å². The number of thioether (sulfide) groups is 1. The van der Waals surface area contributed by atoms with Crippen molar-refractivity contribution in [2.45, 2.75) is 37.3 Å². The van der Waals surface area contributed by atoms with Crippen molar-refractivity contribution in [2.75, 3.05) is 0 Å². The maximum absolute atomic E-state index is 6.12. The molecule has 0 radical (unpaired) electrons. The Balaban J connectivity index is 0.00000242. The van der Waals surface area contributed by atoms with Gasteiger partial charge >= 0.3 is 0 Å². The summed E-state index contributed by atoms with van der Waals surface area (Å²) >= 11 is 13.4. The van der Waals surface area contributed by atoms with Gasteiger partial charge in [0.1, 0.15) is 0 Å². The van der Waals surface area contributed by atoms with E-state index in [0.29, 0.717) is 32.8 Å². The molecule has 0 spiro atoms. The van der Waals surface area contributed by atoms with E-state index in [-0.39, 0.29) is 18.4 Å². The molecule has 122 valence electrons. The van der Waals surface area contributed by atoms with Crippen LogP contribution in [0.5, 0.6) is 0 Å². The normalized spacial score (nSPS) is 12.3. The number of halogens is 3. The maximum atomic E-state index is 6.12. The Morgan fingerprint density at radius 2 is 2.00 bits per heavy atom. The Morgan fingerprint density at radius 1 is 1.27 bits per heavy atom. The van der Waals surface area contributed by atoms with Gasteiger partial charge in [0.2, 0.25) is 5.89 Å². The van der Waals surface area contributed by atoms with Crippen molar-refractivity contribution in [1.82, 2.24) is 10.2 Å². The van der Waals surface area contributed by atoms with Crippen LogP contribution in [-0.4, -0.2) is 10.2 Å². The lowest BCUT2D eigenvalue weighted by atomic mass is 10.1. The zero-order valence-electron chi connectivity index (χ0n) is 12.3. The first kappa shape index (κ1) is 19.6. The number of hydrogen-bond donors (Lipinski definition) is 1. The van der Waals surface area contributed by atoms with E-state index in [1.165, 1.54) is 11.8 Å². The summed E-state index contributed by atoms with van der Waals surface area (Å²) in [5, 5.41) is 9.75. The molecule has 2 rings (SSSR count). The molecule has 0 aliphatic rings. The molecule has 2 aromatic rings. The zero-order valence-corrected chi connectivity index (χ0v) is 15.4. The SMILES string of the molecule is CC(C)C[C@@H](N)c1nnc(SCc2ccc(Cl)cc2Cl)o1.Cl. The van der Waals surface area contributed by atoms with E-state index in [4.69, 9.17) is 33.4 Å². The fourth-order valence-electron chi connectivity index (χ4n) is 1.82. The Kier molecular flexibility index (Phi) is 8.00. The minimum absolute atomic E-state index is 0. The van der Waals surface area contributed by atoms with E-state index in [9.17, 15) is 0 Å². The summed E-state index contributed by atoms with van der Waals surface area (Å²) in [7, 11) is 0. The molecule has 0 unspecified atom stereocenters. The monoisotopic (exact) mass is 381 g/mol. The topological polar surface area (TPSA) is 64.9 Å². The van der Waals surface area contributed by atoms with Crippen molar-refractivity contribution in [2.24, 2.45) is 11.7 Å². The molecule has 1 aromatic heterocycles. The van der Waals surface area contributed by atoms with Crippen LogP contribution in [0.2, 0.25) is 10.0 Å². The van der Waals surface area contributed by atoms with Crippen molar-refractivity contribution in [3.8, 4) is 0 Å². The van der Waals surface area contributed by atoms with Gasteiger partial charge in [0.25, 0.3) is 5.22 Å². The molecule has 0 amide bonds. The number of benzene rings is 1. The van der Waals surface area contributed by atoms with Crippen molar-refractivity contribution in [1.29, 1.82) is 0 Å². The summed E-state index contributed by atoms with van der Waals surface area (Å²) in [6.07, 6.45) is 0.815. The van der Waals surface area contributed by atoms with E-state index < -0.39 is 0 Å². The van der Waals surface area contributed by atoms with E-state index in [1.54, 1.807) is 12.1 Å². The third-order valence-electron chi connectivity index (χ3n) is 2.83. The van der Waals surface area contributed by atoms with Gasteiger partial charge in [-0.15, -0.1) is 22.6 Å². The highest BCUT2D eigenvalue weighted by molar-refractivity contribution is 7.98. The van der Waals surface area contributed by atoms with Crippen molar-refractivity contribution < 1.29 is 4.42 Å². The lowest BCUT2D eigenvalue weighted by Gasteiger charge is -2.08. The summed E-state index contributed by atoms with van der Waals surface area (Å²) in [4.78, 5) is 0. The number of nitrogens with two attached hydrogens (primary N) is 1. The lowest BCUT2D eigenvalue weighted by Crippen LogP contribution is -2.13. The Morgan fingerprint density at radius 3 is 2.64 bits per heavy atom. The van der Waals surface area contributed by atoms with Crippen LogP contribution >= 0.6 is 47.4 Å². The number of rotatable bonds is 6. The van der Waals surface area contributed by atoms with Gasteiger partial charge in [0, 0.05) is 15.8 Å². The Labute approximate surface area is 150 Å². The Bertz CT molecular complexity index is 607. The van der Waals surface area contributed by atoms with Gasteiger partial charge in [0.15, 0.2) is 0 Å². The number of nitrogens with zero attached hydrogens (tertiary/aromatic N) is 2. The summed E-state index contributed by atoms with van der Waals surface area (Å²) < 4.78 is 5.58. The third-order valence-corrected chi connectivity index (χ3v) is 4.29. The minimum Gasteiger partial charge on any atom is -0.414 e. The van der Waals surface area contributed by atoms with Crippen molar-refractivity contribution in [3.05, 3.63) is 39.7 Å². The first-order valence-corrected chi connectivity index (χ1v) is 8.35. The van der Waals surface area contributed by atoms with E-state index >= 15 is 0 Å². The van der Waals surface area contributed by atoms with Gasteiger partial charge in [-0.05, 0) is 30.0 Å². The number of hydrogen-bond acceptors (Lipinski definition) is 5. The highest BCUT2D eigenvalue weighted by Gasteiger charge is 2.16. The molecule has 1 heterocycles. The van der Waals surface area contributed by atoms with Crippen LogP contribution in [0.4, 0.5) is 0 Å². The molecule has 0 saturated carbocycles. The maximum Gasteiger partial charge on any atom is 0.276 e. The summed E-state index contributed by atoms with van der Waals surface area (Å²) in [5.41, 5.74) is 6.99. The highest BCUT2D eigenvalue weighted by Crippen LogP contribution is 2.29. The van der Waals surface area contributed by atoms with Gasteiger partial charge < -0.3 is 10.2 Å².